The van der Waals surface area contributed by atoms with Gasteiger partial charge in [0.1, 0.15) is 6.04 Å². The van der Waals surface area contributed by atoms with Gasteiger partial charge in [0.05, 0.1) is 17.5 Å². The fourth-order valence-corrected chi connectivity index (χ4v) is 5.69. The molecule has 1 aliphatic heterocycles. The third-order valence-electron chi connectivity index (χ3n) is 6.92. The lowest BCUT2D eigenvalue weighted by Gasteiger charge is -2.32. The Kier molecular flexibility index (Phi) is 7.96. The zero-order chi connectivity index (χ0) is 25.6. The highest BCUT2D eigenvalue weighted by atomic mass is 32.1. The van der Waals surface area contributed by atoms with Gasteiger partial charge in [-0.3, -0.25) is 19.3 Å². The van der Waals surface area contributed by atoms with Crippen molar-refractivity contribution in [3.63, 3.8) is 0 Å². The number of hydrogen-bond donors (Lipinski definition) is 2. The van der Waals surface area contributed by atoms with Gasteiger partial charge >= 0.3 is 0 Å². The van der Waals surface area contributed by atoms with Gasteiger partial charge in [0.2, 0.25) is 11.8 Å². The first kappa shape index (κ1) is 25.2. The van der Waals surface area contributed by atoms with Gasteiger partial charge < -0.3 is 15.4 Å². The maximum atomic E-state index is 13.8. The second-order valence-corrected chi connectivity index (χ2v) is 10.4. The number of aryl methyl sites for hydroxylation is 2. The molecule has 1 saturated heterocycles. The second kappa shape index (κ2) is 11.7. The zero-order valence-electron chi connectivity index (χ0n) is 20.7. The number of carbonyl (C=O) groups excluding carboxylic acids is 3. The quantitative estimate of drug-likeness (QED) is 0.449. The molecule has 37 heavy (non-hydrogen) atoms. The summed E-state index contributed by atoms with van der Waals surface area (Å²) in [6, 6.07) is 17.9. The van der Waals surface area contributed by atoms with Gasteiger partial charge in [-0.1, -0.05) is 42.5 Å². The monoisotopic (exact) mass is 517 g/mol. The Morgan fingerprint density at radius 2 is 1.81 bits per heavy atom. The van der Waals surface area contributed by atoms with Crippen LogP contribution >= 0.6 is 11.3 Å². The van der Waals surface area contributed by atoms with Crippen LogP contribution in [-0.2, 0) is 27.2 Å². The molecule has 1 aromatic heterocycles. The minimum absolute atomic E-state index is 0.0189. The summed E-state index contributed by atoms with van der Waals surface area (Å²) in [5.74, 6) is -0.944. The lowest BCUT2D eigenvalue weighted by atomic mass is 10.0. The first-order valence-electron chi connectivity index (χ1n) is 12.8. The van der Waals surface area contributed by atoms with Gasteiger partial charge in [0, 0.05) is 18.8 Å². The predicted octanol–water partition coefficient (Wildman–Crippen LogP) is 4.04. The highest BCUT2D eigenvalue weighted by Crippen LogP contribution is 2.32. The van der Waals surface area contributed by atoms with E-state index in [0.29, 0.717) is 29.3 Å². The average molecular weight is 518 g/mol. The van der Waals surface area contributed by atoms with E-state index in [9.17, 15) is 14.4 Å². The van der Waals surface area contributed by atoms with E-state index < -0.39 is 6.04 Å². The highest BCUT2D eigenvalue weighted by Gasteiger charge is 2.34. The molecule has 7 nitrogen and oxygen atoms in total. The third kappa shape index (κ3) is 5.92. The van der Waals surface area contributed by atoms with Crippen LogP contribution in [0.2, 0.25) is 0 Å². The standard InChI is InChI=1S/C29H31N3O4S/c33-26(19-31-28(34)25-12-6-16-37-25)32(23-14-13-20-9-4-10-22(20)17-23)27(21-7-2-1-3-8-21)29(35)30-18-24-11-5-15-36-24/h1-3,6-8,12-14,16-17,24,27H,4-5,9-11,15,18-19H2,(H,30,35)(H,31,34)/t24-,27+/m0/s1. The van der Waals surface area contributed by atoms with Crippen molar-refractivity contribution in [2.75, 3.05) is 24.6 Å². The Balaban J connectivity index is 1.46. The van der Waals surface area contributed by atoms with Crippen LogP contribution in [0.1, 0.15) is 51.7 Å². The molecule has 0 unspecified atom stereocenters. The van der Waals surface area contributed by atoms with Crippen molar-refractivity contribution in [2.24, 2.45) is 0 Å². The van der Waals surface area contributed by atoms with Crippen LogP contribution in [0.4, 0.5) is 5.69 Å². The van der Waals surface area contributed by atoms with E-state index in [1.54, 1.807) is 12.1 Å². The molecule has 5 rings (SSSR count). The number of benzene rings is 2. The number of amides is 3. The number of hydrogen-bond acceptors (Lipinski definition) is 5. The summed E-state index contributed by atoms with van der Waals surface area (Å²) < 4.78 is 5.69. The summed E-state index contributed by atoms with van der Waals surface area (Å²) in [5, 5.41) is 7.58. The fourth-order valence-electron chi connectivity index (χ4n) is 5.05. The molecule has 0 bridgehead atoms. The van der Waals surface area contributed by atoms with Crippen LogP contribution in [0.15, 0.2) is 66.0 Å². The number of carbonyl (C=O) groups is 3. The zero-order valence-corrected chi connectivity index (χ0v) is 21.5. The molecule has 0 spiro atoms. The third-order valence-corrected chi connectivity index (χ3v) is 7.79. The van der Waals surface area contributed by atoms with Gasteiger partial charge in [-0.15, -0.1) is 11.3 Å². The number of rotatable bonds is 9. The van der Waals surface area contributed by atoms with Crippen molar-refractivity contribution in [1.82, 2.24) is 10.6 Å². The molecule has 1 fully saturated rings. The van der Waals surface area contributed by atoms with Crippen molar-refractivity contribution in [2.45, 2.75) is 44.2 Å². The van der Waals surface area contributed by atoms with Crippen LogP contribution in [0.3, 0.4) is 0 Å². The van der Waals surface area contributed by atoms with Crippen LogP contribution in [-0.4, -0.2) is 43.5 Å². The first-order chi connectivity index (χ1) is 18.1. The number of nitrogens with one attached hydrogen (secondary N) is 2. The fraction of sp³-hybridized carbons (Fsp3) is 0.345. The molecule has 3 aromatic rings. The van der Waals surface area contributed by atoms with Crippen molar-refractivity contribution < 1.29 is 19.1 Å². The van der Waals surface area contributed by atoms with Crippen LogP contribution in [0, 0.1) is 0 Å². The first-order valence-corrected chi connectivity index (χ1v) is 13.7. The molecule has 0 radical (unpaired) electrons. The average Bonchev–Trinajstić information content (AvgIpc) is 3.72. The number of fused-ring (bicyclic) bond motifs is 1. The summed E-state index contributed by atoms with van der Waals surface area (Å²) in [6.45, 7) is 0.867. The summed E-state index contributed by atoms with van der Waals surface area (Å²) in [7, 11) is 0. The van der Waals surface area contributed by atoms with Crippen LogP contribution < -0.4 is 15.5 Å². The Labute approximate surface area is 220 Å². The van der Waals surface area contributed by atoms with E-state index in [1.807, 2.05) is 47.8 Å². The number of ether oxygens (including phenoxy) is 1. The molecule has 1 aliphatic carbocycles. The lowest BCUT2D eigenvalue weighted by molar-refractivity contribution is -0.126. The van der Waals surface area contributed by atoms with Gasteiger partial charge in [-0.2, -0.15) is 0 Å². The lowest BCUT2D eigenvalue weighted by Crippen LogP contribution is -2.48. The molecule has 8 heteroatoms. The minimum Gasteiger partial charge on any atom is -0.376 e. The normalized spacial score (nSPS) is 17.1. The Bertz CT molecular complexity index is 1240. The number of anilines is 1. The number of thiophene rings is 1. The van der Waals surface area contributed by atoms with Gasteiger partial charge in [0.15, 0.2) is 0 Å². The van der Waals surface area contributed by atoms with E-state index >= 15 is 0 Å². The van der Waals surface area contributed by atoms with E-state index in [4.69, 9.17) is 4.74 Å². The van der Waals surface area contributed by atoms with Gasteiger partial charge in [-0.05, 0) is 72.4 Å². The predicted molar refractivity (Wildman–Crippen MR) is 144 cm³/mol. The molecular formula is C29H31N3O4S. The smallest absolute Gasteiger partial charge is 0.261 e. The van der Waals surface area contributed by atoms with Crippen molar-refractivity contribution in [3.05, 3.63) is 87.6 Å². The van der Waals surface area contributed by atoms with E-state index in [0.717, 1.165) is 32.1 Å². The van der Waals surface area contributed by atoms with Crippen molar-refractivity contribution >= 4 is 34.7 Å². The molecule has 2 heterocycles. The maximum absolute atomic E-state index is 13.8. The maximum Gasteiger partial charge on any atom is 0.261 e. The summed E-state index contributed by atoms with van der Waals surface area (Å²) in [5.41, 5.74) is 3.83. The Morgan fingerprint density at radius 1 is 0.973 bits per heavy atom. The molecule has 3 amide bonds. The minimum atomic E-state index is -0.895. The molecule has 192 valence electrons. The van der Waals surface area contributed by atoms with E-state index in [-0.39, 0.29) is 30.4 Å². The molecule has 2 aliphatic rings. The topological polar surface area (TPSA) is 87.7 Å². The highest BCUT2D eigenvalue weighted by molar-refractivity contribution is 7.12. The Morgan fingerprint density at radius 3 is 2.57 bits per heavy atom. The molecule has 2 N–H and O–H groups in total. The van der Waals surface area contributed by atoms with Crippen molar-refractivity contribution in [3.8, 4) is 0 Å². The summed E-state index contributed by atoms with van der Waals surface area (Å²) >= 11 is 1.31. The molecule has 0 saturated carbocycles. The molecular weight excluding hydrogens is 486 g/mol. The van der Waals surface area contributed by atoms with Crippen LogP contribution in [0.5, 0.6) is 0 Å². The SMILES string of the molecule is O=C(NCC(=O)N(c1ccc2c(c1)CCC2)[C@@H](C(=O)NC[C@@H]1CCCO1)c1ccccc1)c1cccs1. The van der Waals surface area contributed by atoms with E-state index in [1.165, 1.54) is 27.4 Å². The summed E-state index contributed by atoms with van der Waals surface area (Å²) in [4.78, 5) is 42.2. The largest absolute Gasteiger partial charge is 0.376 e. The van der Waals surface area contributed by atoms with Gasteiger partial charge in [0.25, 0.3) is 5.91 Å². The van der Waals surface area contributed by atoms with E-state index in [2.05, 4.69) is 16.7 Å². The summed E-state index contributed by atoms with van der Waals surface area (Å²) in [6.07, 6.45) is 4.90. The molecule has 2 aromatic carbocycles. The van der Waals surface area contributed by atoms with Gasteiger partial charge in [-0.25, -0.2) is 0 Å². The number of nitrogens with zero attached hydrogens (tertiary/aromatic N) is 1. The van der Waals surface area contributed by atoms with Crippen LogP contribution in [0.25, 0.3) is 0 Å². The second-order valence-electron chi connectivity index (χ2n) is 9.42. The Hall–Kier alpha value is -3.49. The molecule has 2 atom stereocenters. The van der Waals surface area contributed by atoms with Crippen molar-refractivity contribution in [1.29, 1.82) is 0 Å².